The van der Waals surface area contributed by atoms with Crippen LogP contribution in [0.3, 0.4) is 0 Å². The molecule has 6 heteroatoms. The molecule has 0 unspecified atom stereocenters. The van der Waals surface area contributed by atoms with E-state index in [1.54, 1.807) is 23.4 Å². The van der Waals surface area contributed by atoms with E-state index < -0.39 is 5.97 Å². The van der Waals surface area contributed by atoms with E-state index in [0.717, 1.165) is 29.7 Å². The van der Waals surface area contributed by atoms with Crippen molar-refractivity contribution < 1.29 is 14.3 Å². The highest BCUT2D eigenvalue weighted by atomic mass is 16.5. The van der Waals surface area contributed by atoms with Crippen LogP contribution in [0.5, 0.6) is 0 Å². The Hall–Kier alpha value is -4.06. The van der Waals surface area contributed by atoms with Gasteiger partial charge in [-0.3, -0.25) is 9.78 Å². The van der Waals surface area contributed by atoms with E-state index in [4.69, 9.17) is 4.74 Å². The average molecular weight is 423 g/mol. The van der Waals surface area contributed by atoms with Crippen molar-refractivity contribution in [2.75, 3.05) is 18.1 Å². The first kappa shape index (κ1) is 19.9. The number of rotatable bonds is 4. The number of aromatic nitrogens is 2. The van der Waals surface area contributed by atoms with E-state index in [0.29, 0.717) is 28.7 Å². The number of carbonyl (C=O) groups excluding carboxylic acids is 2. The number of hydrogen-bond acceptors (Lipinski definition) is 5. The van der Waals surface area contributed by atoms with Gasteiger partial charge in [-0.25, -0.2) is 9.78 Å². The molecule has 0 saturated carbocycles. The highest BCUT2D eigenvalue weighted by Gasteiger charge is 2.24. The number of hydrogen-bond donors (Lipinski definition) is 0. The van der Waals surface area contributed by atoms with E-state index in [1.807, 2.05) is 60.7 Å². The molecule has 0 fully saturated rings. The number of ether oxygens (including phenoxy) is 1. The summed E-state index contributed by atoms with van der Waals surface area (Å²) in [6.45, 7) is 0.308. The molecule has 158 valence electrons. The molecule has 3 heterocycles. The third-order valence-corrected chi connectivity index (χ3v) is 5.63. The highest BCUT2D eigenvalue weighted by molar-refractivity contribution is 6.05. The monoisotopic (exact) mass is 423 g/mol. The molecule has 2 aromatic carbocycles. The molecule has 0 bridgehead atoms. The molecule has 6 nitrogen and oxygen atoms in total. The third-order valence-electron chi connectivity index (χ3n) is 5.63. The van der Waals surface area contributed by atoms with Gasteiger partial charge >= 0.3 is 5.97 Å². The number of carbonyl (C=O) groups is 2. The zero-order valence-corrected chi connectivity index (χ0v) is 17.4. The van der Waals surface area contributed by atoms with E-state index >= 15 is 0 Å². The molecule has 0 saturated heterocycles. The van der Waals surface area contributed by atoms with Crippen LogP contribution in [0.4, 0.5) is 5.69 Å². The van der Waals surface area contributed by atoms with E-state index in [1.165, 1.54) is 0 Å². The Labute approximate surface area is 185 Å². The van der Waals surface area contributed by atoms with Gasteiger partial charge in [-0.05, 0) is 48.7 Å². The lowest BCUT2D eigenvalue weighted by Gasteiger charge is -2.29. The van der Waals surface area contributed by atoms with E-state index in [2.05, 4.69) is 9.97 Å². The number of fused-ring (bicyclic) bond motifs is 2. The summed E-state index contributed by atoms with van der Waals surface area (Å²) in [5.41, 5.74) is 4.51. The Morgan fingerprint density at radius 1 is 1.00 bits per heavy atom. The SMILES string of the molecule is O=C(OCC(=O)N1CCCc2ccccc21)c1cc(-c2cccnc2)nc2ccccc12. The van der Waals surface area contributed by atoms with Crippen molar-refractivity contribution in [3.63, 3.8) is 0 Å². The molecule has 32 heavy (non-hydrogen) atoms. The van der Waals surface area contributed by atoms with E-state index in [9.17, 15) is 9.59 Å². The van der Waals surface area contributed by atoms with Crippen molar-refractivity contribution in [3.8, 4) is 11.3 Å². The lowest BCUT2D eigenvalue weighted by Crippen LogP contribution is -2.38. The lowest BCUT2D eigenvalue weighted by atomic mass is 10.0. The lowest BCUT2D eigenvalue weighted by molar-refractivity contribution is -0.121. The fraction of sp³-hybridized carbons (Fsp3) is 0.154. The van der Waals surface area contributed by atoms with Gasteiger partial charge in [0, 0.05) is 35.6 Å². The fourth-order valence-electron chi connectivity index (χ4n) is 4.08. The van der Waals surface area contributed by atoms with Gasteiger partial charge in [0.2, 0.25) is 0 Å². The predicted molar refractivity (Wildman–Crippen MR) is 122 cm³/mol. The maximum atomic E-state index is 13.0. The second kappa shape index (κ2) is 8.59. The van der Waals surface area contributed by atoms with Gasteiger partial charge in [-0.2, -0.15) is 0 Å². The summed E-state index contributed by atoms with van der Waals surface area (Å²) in [5, 5.41) is 0.681. The summed E-state index contributed by atoms with van der Waals surface area (Å²) in [6.07, 6.45) is 5.22. The van der Waals surface area contributed by atoms with Crippen LogP contribution in [0.25, 0.3) is 22.2 Å². The molecule has 0 radical (unpaired) electrons. The molecule has 1 aliphatic rings. The molecule has 0 spiro atoms. The zero-order chi connectivity index (χ0) is 21.9. The largest absolute Gasteiger partial charge is 0.452 e. The summed E-state index contributed by atoms with van der Waals surface area (Å²) in [4.78, 5) is 36.4. The first-order chi connectivity index (χ1) is 15.7. The maximum Gasteiger partial charge on any atom is 0.339 e. The van der Waals surface area contributed by atoms with Gasteiger partial charge in [0.25, 0.3) is 5.91 Å². The first-order valence-electron chi connectivity index (χ1n) is 10.6. The molecular formula is C26H21N3O3. The molecular weight excluding hydrogens is 402 g/mol. The van der Waals surface area contributed by atoms with Crippen LogP contribution in [-0.2, 0) is 16.0 Å². The topological polar surface area (TPSA) is 72.4 Å². The minimum absolute atomic E-state index is 0.226. The fourth-order valence-corrected chi connectivity index (χ4v) is 4.08. The summed E-state index contributed by atoms with van der Waals surface area (Å²) < 4.78 is 5.48. The summed E-state index contributed by atoms with van der Waals surface area (Å²) >= 11 is 0. The van der Waals surface area contributed by atoms with Gasteiger partial charge in [0.15, 0.2) is 6.61 Å². The molecule has 1 amide bonds. The molecule has 4 aromatic rings. The molecule has 2 aromatic heterocycles. The number of aryl methyl sites for hydroxylation is 1. The van der Waals surface area contributed by atoms with Gasteiger partial charge in [-0.1, -0.05) is 36.4 Å². The van der Waals surface area contributed by atoms with Crippen LogP contribution in [0, 0.1) is 0 Å². The molecule has 1 aliphatic heterocycles. The van der Waals surface area contributed by atoms with Crippen molar-refractivity contribution >= 4 is 28.5 Å². The molecule has 0 N–H and O–H groups in total. The standard InChI is InChI=1S/C26H21N3O3/c30-25(29-14-6-9-18-7-1-4-12-24(18)29)17-32-26(31)21-15-23(19-8-5-13-27-16-19)28-22-11-3-2-10-20(21)22/h1-5,7-8,10-13,15-16H,6,9,14,17H2. The minimum Gasteiger partial charge on any atom is -0.452 e. The predicted octanol–water partition coefficient (Wildman–Crippen LogP) is 4.43. The van der Waals surface area contributed by atoms with Gasteiger partial charge < -0.3 is 9.64 Å². The van der Waals surface area contributed by atoms with Crippen molar-refractivity contribution in [1.82, 2.24) is 9.97 Å². The highest BCUT2D eigenvalue weighted by Crippen LogP contribution is 2.27. The first-order valence-corrected chi connectivity index (χ1v) is 10.6. The number of benzene rings is 2. The van der Waals surface area contributed by atoms with Crippen molar-refractivity contribution in [1.29, 1.82) is 0 Å². The smallest absolute Gasteiger partial charge is 0.339 e. The average Bonchev–Trinajstić information content (AvgIpc) is 2.86. The van der Waals surface area contributed by atoms with Crippen LogP contribution < -0.4 is 4.90 Å². The summed E-state index contributed by atoms with van der Waals surface area (Å²) in [5.74, 6) is -0.774. The Bertz CT molecular complexity index is 1300. The summed E-state index contributed by atoms with van der Waals surface area (Å²) in [6, 6.07) is 20.7. The number of nitrogens with zero attached hydrogens (tertiary/aromatic N) is 3. The van der Waals surface area contributed by atoms with Crippen molar-refractivity contribution in [2.45, 2.75) is 12.8 Å². The third kappa shape index (κ3) is 3.83. The van der Waals surface area contributed by atoms with Crippen LogP contribution in [0.1, 0.15) is 22.3 Å². The van der Waals surface area contributed by atoms with Crippen molar-refractivity contribution in [3.05, 3.63) is 90.3 Å². The second-order valence-corrected chi connectivity index (χ2v) is 7.67. The molecule has 5 rings (SSSR count). The second-order valence-electron chi connectivity index (χ2n) is 7.67. The van der Waals surface area contributed by atoms with Crippen LogP contribution in [0.15, 0.2) is 79.1 Å². The Morgan fingerprint density at radius 3 is 2.72 bits per heavy atom. The minimum atomic E-state index is -0.549. The number of para-hydroxylation sites is 2. The van der Waals surface area contributed by atoms with Gasteiger partial charge in [0.1, 0.15) is 0 Å². The Morgan fingerprint density at radius 2 is 1.84 bits per heavy atom. The normalized spacial score (nSPS) is 12.9. The van der Waals surface area contributed by atoms with Crippen LogP contribution >= 0.6 is 0 Å². The maximum absolute atomic E-state index is 13.0. The van der Waals surface area contributed by atoms with Crippen molar-refractivity contribution in [2.24, 2.45) is 0 Å². The molecule has 0 atom stereocenters. The van der Waals surface area contributed by atoms with Gasteiger partial charge in [0.05, 0.1) is 16.8 Å². The summed E-state index contributed by atoms with van der Waals surface area (Å²) in [7, 11) is 0. The number of anilines is 1. The number of pyridine rings is 2. The zero-order valence-electron chi connectivity index (χ0n) is 17.4. The van der Waals surface area contributed by atoms with E-state index in [-0.39, 0.29) is 12.5 Å². The quantitative estimate of drug-likeness (QED) is 0.454. The van der Waals surface area contributed by atoms with Gasteiger partial charge in [-0.15, -0.1) is 0 Å². The number of amides is 1. The Balaban J connectivity index is 1.40. The van der Waals surface area contributed by atoms with Crippen LogP contribution in [-0.4, -0.2) is 35.0 Å². The van der Waals surface area contributed by atoms with Crippen LogP contribution in [0.2, 0.25) is 0 Å². The molecule has 0 aliphatic carbocycles. The Kier molecular flexibility index (Phi) is 5.34. The number of esters is 1.